The molecule has 0 aliphatic rings. The Morgan fingerprint density at radius 2 is 2.16 bits per heavy atom. The van der Waals surface area contributed by atoms with Gasteiger partial charge in [-0.25, -0.2) is 9.67 Å². The van der Waals surface area contributed by atoms with Crippen molar-refractivity contribution >= 4 is 23.6 Å². The Kier molecular flexibility index (Phi) is 5.01. The van der Waals surface area contributed by atoms with Gasteiger partial charge in [0.05, 0.1) is 24.7 Å². The summed E-state index contributed by atoms with van der Waals surface area (Å²) in [4.78, 5) is 27.7. The average molecular weight is 337 g/mol. The number of hydrogen-bond acceptors (Lipinski definition) is 5. The predicted molar refractivity (Wildman–Crippen MR) is 90.7 cm³/mol. The van der Waals surface area contributed by atoms with Crippen LogP contribution in [0.15, 0.2) is 65.7 Å². The summed E-state index contributed by atoms with van der Waals surface area (Å²) in [5.41, 5.74) is 0.529. The van der Waals surface area contributed by atoms with Crippen LogP contribution in [0.3, 0.4) is 0 Å². The maximum atomic E-state index is 11.8. The van der Waals surface area contributed by atoms with Gasteiger partial charge in [0.2, 0.25) is 11.8 Å². The molecule has 0 radical (unpaired) electrons. The molecule has 3 rings (SSSR count). The van der Waals surface area contributed by atoms with Crippen LogP contribution in [0.2, 0.25) is 0 Å². The monoisotopic (exact) mass is 337 g/mol. The van der Waals surface area contributed by atoms with Crippen molar-refractivity contribution in [1.82, 2.24) is 20.1 Å². The first kappa shape index (κ1) is 16.2. The number of nitrogens with one attached hydrogen (secondary N) is 2. The molecule has 0 saturated carbocycles. The minimum Gasteiger partial charge on any atom is -0.465 e. The van der Waals surface area contributed by atoms with Crippen LogP contribution in [0, 0.1) is 0 Å². The molecule has 8 heteroatoms. The fraction of sp³-hybridized carbons (Fsp3) is 0.0588. The Balaban J connectivity index is 1.46. The van der Waals surface area contributed by atoms with E-state index >= 15 is 0 Å². The molecule has 0 spiro atoms. The number of pyridine rings is 1. The van der Waals surface area contributed by atoms with Crippen LogP contribution in [0.1, 0.15) is 5.76 Å². The van der Waals surface area contributed by atoms with Crippen LogP contribution in [-0.4, -0.2) is 33.1 Å². The van der Waals surface area contributed by atoms with Gasteiger partial charge in [0.1, 0.15) is 5.76 Å². The molecule has 3 aromatic rings. The van der Waals surface area contributed by atoms with Gasteiger partial charge < -0.3 is 15.1 Å². The highest BCUT2D eigenvalue weighted by Gasteiger charge is 2.05. The van der Waals surface area contributed by atoms with Crippen molar-refractivity contribution in [3.8, 4) is 5.82 Å². The lowest BCUT2D eigenvalue weighted by Gasteiger charge is -2.06. The second-order valence-electron chi connectivity index (χ2n) is 4.97. The van der Waals surface area contributed by atoms with Crippen molar-refractivity contribution in [1.29, 1.82) is 0 Å². The Bertz CT molecular complexity index is 852. The molecular formula is C17H15N5O3. The molecule has 3 aromatic heterocycles. The van der Waals surface area contributed by atoms with Crippen LogP contribution >= 0.6 is 0 Å². The molecule has 3 heterocycles. The van der Waals surface area contributed by atoms with Crippen molar-refractivity contribution in [2.45, 2.75) is 0 Å². The van der Waals surface area contributed by atoms with Crippen LogP contribution < -0.4 is 10.6 Å². The van der Waals surface area contributed by atoms with Crippen molar-refractivity contribution in [3.63, 3.8) is 0 Å². The average Bonchev–Trinajstić information content (AvgIpc) is 3.32. The molecule has 2 N–H and O–H groups in total. The van der Waals surface area contributed by atoms with E-state index in [9.17, 15) is 9.59 Å². The number of carbonyl (C=O) groups excluding carboxylic acids is 2. The van der Waals surface area contributed by atoms with Crippen molar-refractivity contribution in [2.75, 3.05) is 11.9 Å². The molecular weight excluding hydrogens is 322 g/mol. The van der Waals surface area contributed by atoms with Gasteiger partial charge in [-0.2, -0.15) is 5.10 Å². The summed E-state index contributed by atoms with van der Waals surface area (Å²) < 4.78 is 6.67. The predicted octanol–water partition coefficient (Wildman–Crippen LogP) is 1.63. The fourth-order valence-corrected chi connectivity index (χ4v) is 1.98. The zero-order valence-corrected chi connectivity index (χ0v) is 13.1. The minimum atomic E-state index is -0.390. The first-order valence-corrected chi connectivity index (χ1v) is 7.46. The molecule has 8 nitrogen and oxygen atoms in total. The van der Waals surface area contributed by atoms with Crippen LogP contribution in [0.5, 0.6) is 0 Å². The summed E-state index contributed by atoms with van der Waals surface area (Å²) in [6.07, 6.45) is 9.27. The number of nitrogens with zero attached hydrogens (tertiary/aromatic N) is 3. The lowest BCUT2D eigenvalue weighted by atomic mass is 10.3. The summed E-state index contributed by atoms with van der Waals surface area (Å²) in [7, 11) is 0. The number of rotatable bonds is 6. The Morgan fingerprint density at radius 1 is 1.24 bits per heavy atom. The molecule has 0 aliphatic heterocycles. The standard InChI is InChI=1S/C17H15N5O3/c23-16(7-5-14-3-1-10-25-14)19-12-17(24)21-13-4-6-15(18-11-13)22-9-2-8-20-22/h1-11H,12H2,(H,19,23)(H,21,24). The van der Waals surface area contributed by atoms with Crippen molar-refractivity contribution < 1.29 is 14.0 Å². The molecule has 0 fully saturated rings. The van der Waals surface area contributed by atoms with Gasteiger partial charge in [0.15, 0.2) is 5.82 Å². The topological polar surface area (TPSA) is 102 Å². The van der Waals surface area contributed by atoms with Crippen molar-refractivity contribution in [3.05, 3.63) is 67.0 Å². The molecule has 0 aromatic carbocycles. The second-order valence-corrected chi connectivity index (χ2v) is 4.97. The first-order valence-electron chi connectivity index (χ1n) is 7.46. The van der Waals surface area contributed by atoms with E-state index in [-0.39, 0.29) is 12.5 Å². The number of aromatic nitrogens is 3. The Labute approximate surface area is 143 Å². The first-order chi connectivity index (χ1) is 12.2. The summed E-state index contributed by atoms with van der Waals surface area (Å²) >= 11 is 0. The van der Waals surface area contributed by atoms with Gasteiger partial charge in [0, 0.05) is 18.5 Å². The number of carbonyl (C=O) groups is 2. The SMILES string of the molecule is O=C(C=Cc1ccco1)NCC(=O)Nc1ccc(-n2cccn2)nc1. The summed E-state index contributed by atoms with van der Waals surface area (Å²) in [6, 6.07) is 8.67. The van der Waals surface area contributed by atoms with E-state index in [2.05, 4.69) is 20.7 Å². The Hall–Kier alpha value is -3.68. The van der Waals surface area contributed by atoms with E-state index in [1.165, 1.54) is 24.6 Å². The lowest BCUT2D eigenvalue weighted by Crippen LogP contribution is -2.31. The lowest BCUT2D eigenvalue weighted by molar-refractivity contribution is -0.121. The quantitative estimate of drug-likeness (QED) is 0.666. The van der Waals surface area contributed by atoms with Gasteiger partial charge in [0.25, 0.3) is 0 Å². The van der Waals surface area contributed by atoms with E-state index in [4.69, 9.17) is 4.42 Å². The number of hydrogen-bond donors (Lipinski definition) is 2. The van der Waals surface area contributed by atoms with E-state index < -0.39 is 5.91 Å². The highest BCUT2D eigenvalue weighted by atomic mass is 16.3. The van der Waals surface area contributed by atoms with Crippen molar-refractivity contribution in [2.24, 2.45) is 0 Å². The van der Waals surface area contributed by atoms with Gasteiger partial charge in [-0.15, -0.1) is 0 Å². The van der Waals surface area contributed by atoms with Gasteiger partial charge in [-0.3, -0.25) is 9.59 Å². The molecule has 0 aliphatic carbocycles. The smallest absolute Gasteiger partial charge is 0.244 e. The van der Waals surface area contributed by atoms with Crippen LogP contribution in [0.25, 0.3) is 11.9 Å². The highest BCUT2D eigenvalue weighted by Crippen LogP contribution is 2.08. The molecule has 2 amide bonds. The minimum absolute atomic E-state index is 0.151. The molecule has 0 unspecified atom stereocenters. The van der Waals surface area contributed by atoms with E-state index in [0.717, 1.165) is 0 Å². The highest BCUT2D eigenvalue weighted by molar-refractivity contribution is 5.97. The molecule has 25 heavy (non-hydrogen) atoms. The van der Waals surface area contributed by atoms with Crippen LogP contribution in [-0.2, 0) is 9.59 Å². The number of anilines is 1. The summed E-state index contributed by atoms with van der Waals surface area (Å²) in [5.74, 6) is 0.453. The number of furan rings is 1. The Morgan fingerprint density at radius 3 is 2.84 bits per heavy atom. The van der Waals surface area contributed by atoms with Crippen LogP contribution in [0.4, 0.5) is 5.69 Å². The summed E-state index contributed by atoms with van der Waals surface area (Å²) in [5, 5.41) is 9.20. The normalized spacial score (nSPS) is 10.7. The molecule has 0 bridgehead atoms. The zero-order chi connectivity index (χ0) is 17.5. The van der Waals surface area contributed by atoms with Gasteiger partial charge in [-0.05, 0) is 36.4 Å². The molecule has 126 valence electrons. The van der Waals surface area contributed by atoms with E-state index in [0.29, 0.717) is 17.3 Å². The third kappa shape index (κ3) is 4.64. The molecule has 0 saturated heterocycles. The van der Waals surface area contributed by atoms with E-state index in [1.807, 2.05) is 0 Å². The molecule has 0 atom stereocenters. The van der Waals surface area contributed by atoms with E-state index in [1.54, 1.807) is 47.4 Å². The third-order valence-corrected chi connectivity index (χ3v) is 3.14. The zero-order valence-electron chi connectivity index (χ0n) is 13.1. The maximum Gasteiger partial charge on any atom is 0.244 e. The summed E-state index contributed by atoms with van der Waals surface area (Å²) in [6.45, 7) is -0.151. The van der Waals surface area contributed by atoms with Gasteiger partial charge >= 0.3 is 0 Å². The second kappa shape index (κ2) is 7.73. The van der Waals surface area contributed by atoms with Gasteiger partial charge in [-0.1, -0.05) is 0 Å². The third-order valence-electron chi connectivity index (χ3n) is 3.14. The fourth-order valence-electron chi connectivity index (χ4n) is 1.98. The maximum absolute atomic E-state index is 11.8. The number of amides is 2. The largest absolute Gasteiger partial charge is 0.465 e.